The SMILES string of the molecule is [O]=[Sb][Sb]=[O]. The van der Waals surface area contributed by atoms with Gasteiger partial charge in [-0.2, -0.15) is 0 Å². The molecule has 0 fully saturated rings. The van der Waals surface area contributed by atoms with Crippen molar-refractivity contribution in [1.82, 2.24) is 0 Å². The fraction of sp³-hybridized carbons (Fsp3) is 0. The van der Waals surface area contributed by atoms with E-state index in [-0.39, 0.29) is 0 Å². The first-order valence-electron chi connectivity index (χ1n) is 0.565. The predicted molar refractivity (Wildman–Crippen MR) is 12.9 cm³/mol. The monoisotopic (exact) mass is 274 g/mol. The van der Waals surface area contributed by atoms with Gasteiger partial charge in [-0.25, -0.2) is 0 Å². The molecule has 0 aliphatic rings. The van der Waals surface area contributed by atoms with E-state index < -0.39 is 34.9 Å². The van der Waals surface area contributed by atoms with Gasteiger partial charge in [0.05, 0.1) is 0 Å². The maximum absolute atomic E-state index is 9.20. The van der Waals surface area contributed by atoms with Gasteiger partial charge < -0.3 is 0 Å². The van der Waals surface area contributed by atoms with E-state index in [1.165, 1.54) is 0 Å². The molecular formula is O2Sb2. The van der Waals surface area contributed by atoms with E-state index in [1.54, 1.807) is 0 Å². The Morgan fingerprint density at radius 1 is 1.00 bits per heavy atom. The Bertz CT molecular complexity index is 25.0. The van der Waals surface area contributed by atoms with Gasteiger partial charge in [0, 0.05) is 0 Å². The molecule has 0 bridgehead atoms. The first kappa shape index (κ1) is 5.24. The van der Waals surface area contributed by atoms with Crippen LogP contribution in [0.3, 0.4) is 0 Å². The molecule has 4 heteroatoms. The Kier molecular flexibility index (Phi) is 5.55. The van der Waals surface area contributed by atoms with Gasteiger partial charge in [0.2, 0.25) is 0 Å². The van der Waals surface area contributed by atoms with Gasteiger partial charge in [-0.15, -0.1) is 0 Å². The van der Waals surface area contributed by atoms with Crippen LogP contribution in [0.1, 0.15) is 0 Å². The summed E-state index contributed by atoms with van der Waals surface area (Å²) in [5, 5.41) is 0. The van der Waals surface area contributed by atoms with Crippen LogP contribution in [0.4, 0.5) is 0 Å². The van der Waals surface area contributed by atoms with E-state index in [0.717, 1.165) is 0 Å². The van der Waals surface area contributed by atoms with E-state index in [1.807, 2.05) is 0 Å². The summed E-state index contributed by atoms with van der Waals surface area (Å²) in [5.41, 5.74) is 0. The van der Waals surface area contributed by atoms with Crippen molar-refractivity contribution in [2.75, 3.05) is 0 Å². The standard InChI is InChI=1S/2O.2Sb. The minimum atomic E-state index is -1.30. The number of rotatable bonds is 1. The van der Waals surface area contributed by atoms with E-state index in [2.05, 4.69) is 0 Å². The van der Waals surface area contributed by atoms with Crippen LogP contribution in [0.25, 0.3) is 0 Å². The fourth-order valence-corrected chi connectivity index (χ4v) is 0. The molecule has 0 rings (SSSR count). The van der Waals surface area contributed by atoms with Gasteiger partial charge in [0.1, 0.15) is 0 Å². The maximum atomic E-state index is 9.20. The average Bonchev–Trinajstić information content (AvgIpc) is 1.37. The molecule has 0 amide bonds. The van der Waals surface area contributed by atoms with Crippen LogP contribution in [-0.4, -0.2) is 34.9 Å². The molecule has 0 heterocycles. The molecule has 0 saturated carbocycles. The summed E-state index contributed by atoms with van der Waals surface area (Å²) in [6, 6.07) is 0. The Hall–Kier alpha value is 1.24. The van der Waals surface area contributed by atoms with Gasteiger partial charge in [-0.1, -0.05) is 0 Å². The molecule has 0 aromatic carbocycles. The Morgan fingerprint density at radius 3 is 1.25 bits per heavy atom. The van der Waals surface area contributed by atoms with Crippen LogP contribution in [0.15, 0.2) is 0 Å². The van der Waals surface area contributed by atoms with Crippen molar-refractivity contribution in [3.05, 3.63) is 0 Å². The molecule has 22 valence electrons. The molecule has 0 aromatic heterocycles. The van der Waals surface area contributed by atoms with Crippen LogP contribution in [0.2, 0.25) is 0 Å². The van der Waals surface area contributed by atoms with Crippen molar-refractivity contribution >= 4 is 34.9 Å². The Labute approximate surface area is 40.6 Å². The summed E-state index contributed by atoms with van der Waals surface area (Å²) in [6.07, 6.45) is 0. The van der Waals surface area contributed by atoms with Gasteiger partial charge >= 0.3 is 41.0 Å². The van der Waals surface area contributed by atoms with Crippen molar-refractivity contribution in [1.29, 1.82) is 0 Å². The number of hydrogen-bond acceptors (Lipinski definition) is 2. The molecule has 0 atom stereocenters. The van der Waals surface area contributed by atoms with Crippen LogP contribution < -0.4 is 0 Å². The summed E-state index contributed by atoms with van der Waals surface area (Å²) in [4.78, 5) is 0. The first-order chi connectivity index (χ1) is 1.91. The molecule has 0 N–H and O–H groups in total. The summed E-state index contributed by atoms with van der Waals surface area (Å²) in [7, 11) is 0. The third-order valence-corrected chi connectivity index (χ3v) is 1.50. The van der Waals surface area contributed by atoms with Gasteiger partial charge in [-0.05, 0) is 0 Å². The van der Waals surface area contributed by atoms with Crippen LogP contribution >= 0.6 is 0 Å². The van der Waals surface area contributed by atoms with E-state index >= 15 is 0 Å². The molecule has 4 heavy (non-hydrogen) atoms. The molecule has 0 aromatic rings. The van der Waals surface area contributed by atoms with Crippen molar-refractivity contribution in [3.63, 3.8) is 0 Å². The van der Waals surface area contributed by atoms with Crippen molar-refractivity contribution in [2.24, 2.45) is 0 Å². The normalized spacial score (nSPS) is 5.00. The van der Waals surface area contributed by atoms with Crippen molar-refractivity contribution in [3.8, 4) is 0 Å². The minimum absolute atomic E-state index is 1.30. The van der Waals surface area contributed by atoms with Gasteiger partial charge in [-0.3, -0.25) is 0 Å². The average molecular weight is 276 g/mol. The topological polar surface area (TPSA) is 34.1 Å². The molecule has 0 spiro atoms. The predicted octanol–water partition coefficient (Wildman–Crippen LogP) is -0.999. The molecule has 0 unspecified atom stereocenters. The molecule has 0 aliphatic carbocycles. The summed E-state index contributed by atoms with van der Waals surface area (Å²) < 4.78 is 18.4. The Balaban J connectivity index is 2.73. The zero-order valence-corrected chi connectivity index (χ0v) is 6.82. The van der Waals surface area contributed by atoms with Gasteiger partial charge in [0.25, 0.3) is 0 Å². The third-order valence-electron chi connectivity index (χ3n) is 0.0333. The second-order valence-electron chi connectivity index (χ2n) is 0.163. The third kappa shape index (κ3) is 3.24. The van der Waals surface area contributed by atoms with Crippen molar-refractivity contribution in [2.45, 2.75) is 0 Å². The van der Waals surface area contributed by atoms with Crippen LogP contribution in [0.5, 0.6) is 0 Å². The van der Waals surface area contributed by atoms with Crippen molar-refractivity contribution < 1.29 is 6.03 Å². The zero-order chi connectivity index (χ0) is 3.41. The van der Waals surface area contributed by atoms with Crippen LogP contribution in [0, 0.1) is 0 Å². The van der Waals surface area contributed by atoms with E-state index in [0.29, 0.717) is 0 Å². The van der Waals surface area contributed by atoms with E-state index in [4.69, 9.17) is 0 Å². The summed E-state index contributed by atoms with van der Waals surface area (Å²) in [6.45, 7) is 0. The second kappa shape index (κ2) is 4.24. The van der Waals surface area contributed by atoms with Gasteiger partial charge in [0.15, 0.2) is 0 Å². The summed E-state index contributed by atoms with van der Waals surface area (Å²) >= 11 is -2.61. The molecule has 0 radical (unpaired) electrons. The van der Waals surface area contributed by atoms with Crippen LogP contribution in [-0.2, 0) is 6.03 Å². The molecule has 0 aliphatic heterocycles. The second-order valence-corrected chi connectivity index (χ2v) is 7.35. The van der Waals surface area contributed by atoms with E-state index in [9.17, 15) is 6.03 Å². The molecule has 0 saturated heterocycles. The summed E-state index contributed by atoms with van der Waals surface area (Å²) in [5.74, 6) is 0. The first-order valence-corrected chi connectivity index (χ1v) is 11.4. The quantitative estimate of drug-likeness (QED) is 0.576. The Morgan fingerprint density at radius 2 is 1.25 bits per heavy atom. The fourth-order valence-electron chi connectivity index (χ4n) is 0. The zero-order valence-electron chi connectivity index (χ0n) is 1.71. The molecular weight excluding hydrogens is 276 g/mol. The number of hydrogen-bond donors (Lipinski definition) is 0. The molecule has 2 nitrogen and oxygen atoms in total.